The molecule has 8 nitrogen and oxygen atoms in total. The average molecular weight is 284 g/mol. The predicted octanol–water partition coefficient (Wildman–Crippen LogP) is 1.03. The van der Waals surface area contributed by atoms with E-state index in [9.17, 15) is 0 Å². The van der Waals surface area contributed by atoms with E-state index in [1.54, 1.807) is 0 Å². The molecule has 0 bridgehead atoms. The average Bonchev–Trinajstić information content (AvgIpc) is 2.42. The van der Waals surface area contributed by atoms with Gasteiger partial charge in [-0.15, -0.1) is 0 Å². The van der Waals surface area contributed by atoms with Crippen LogP contribution in [0, 0.1) is 5.92 Å². The van der Waals surface area contributed by atoms with Crippen LogP contribution in [0.2, 0.25) is 0 Å². The number of nitrogens with zero attached hydrogens (tertiary/aromatic N) is 3. The Labute approximate surface area is 119 Å². The standard InChI is InChI=1S/C12H24N6O2/c1-4-20-12-16-10(15-11(17-12)18-13)14-6-5-7-19-8-9(2)3/h9H,4-8,13H2,1-3H3,(H2,14,15,16,17,18). The third kappa shape index (κ3) is 6.48. The molecule has 20 heavy (non-hydrogen) atoms. The Bertz CT molecular complexity index is 388. The van der Waals surface area contributed by atoms with Gasteiger partial charge in [-0.25, -0.2) is 5.84 Å². The van der Waals surface area contributed by atoms with Crippen LogP contribution in [-0.2, 0) is 4.74 Å². The lowest BCUT2D eigenvalue weighted by atomic mass is 10.2. The Morgan fingerprint density at radius 1 is 1.20 bits per heavy atom. The summed E-state index contributed by atoms with van der Waals surface area (Å²) in [6.45, 7) is 8.78. The molecular weight excluding hydrogens is 260 g/mol. The van der Waals surface area contributed by atoms with E-state index in [0.29, 0.717) is 31.6 Å². The number of nitrogens with two attached hydrogens (primary N) is 1. The number of anilines is 2. The van der Waals surface area contributed by atoms with Gasteiger partial charge >= 0.3 is 6.01 Å². The van der Waals surface area contributed by atoms with Gasteiger partial charge in [-0.1, -0.05) is 13.8 Å². The smallest absolute Gasteiger partial charge is 0.323 e. The highest BCUT2D eigenvalue weighted by atomic mass is 16.5. The first-order valence-corrected chi connectivity index (χ1v) is 6.82. The van der Waals surface area contributed by atoms with Gasteiger partial charge in [0.25, 0.3) is 0 Å². The van der Waals surface area contributed by atoms with Crippen LogP contribution >= 0.6 is 0 Å². The zero-order valence-corrected chi connectivity index (χ0v) is 12.3. The predicted molar refractivity (Wildman–Crippen MR) is 77.6 cm³/mol. The lowest BCUT2D eigenvalue weighted by Crippen LogP contribution is -2.15. The monoisotopic (exact) mass is 284 g/mol. The van der Waals surface area contributed by atoms with Crippen molar-refractivity contribution in [3.63, 3.8) is 0 Å². The maximum atomic E-state index is 5.49. The molecule has 0 aromatic carbocycles. The van der Waals surface area contributed by atoms with Crippen molar-refractivity contribution in [2.45, 2.75) is 27.2 Å². The van der Waals surface area contributed by atoms with Crippen LogP contribution < -0.4 is 21.3 Å². The van der Waals surface area contributed by atoms with Crippen LogP contribution in [0.25, 0.3) is 0 Å². The number of nitrogens with one attached hydrogen (secondary N) is 2. The summed E-state index contributed by atoms with van der Waals surface area (Å²) < 4.78 is 10.7. The summed E-state index contributed by atoms with van der Waals surface area (Å²) in [4.78, 5) is 12.2. The maximum absolute atomic E-state index is 5.49. The zero-order valence-electron chi connectivity index (χ0n) is 12.3. The van der Waals surface area contributed by atoms with Gasteiger partial charge in [-0.3, -0.25) is 5.43 Å². The fraction of sp³-hybridized carbons (Fsp3) is 0.750. The van der Waals surface area contributed by atoms with E-state index in [0.717, 1.165) is 13.0 Å². The van der Waals surface area contributed by atoms with E-state index in [2.05, 4.69) is 39.5 Å². The van der Waals surface area contributed by atoms with Crippen LogP contribution in [0.3, 0.4) is 0 Å². The van der Waals surface area contributed by atoms with Gasteiger partial charge in [-0.2, -0.15) is 15.0 Å². The van der Waals surface area contributed by atoms with Crippen molar-refractivity contribution in [3.05, 3.63) is 0 Å². The summed E-state index contributed by atoms with van der Waals surface area (Å²) in [6.07, 6.45) is 0.869. The summed E-state index contributed by atoms with van der Waals surface area (Å²) in [5.74, 6) is 6.55. The summed E-state index contributed by atoms with van der Waals surface area (Å²) in [7, 11) is 0. The Hall–Kier alpha value is -1.67. The molecule has 4 N–H and O–H groups in total. The summed E-state index contributed by atoms with van der Waals surface area (Å²) in [6, 6.07) is 0.244. The SMILES string of the molecule is CCOc1nc(NN)nc(NCCCOCC(C)C)n1. The largest absolute Gasteiger partial charge is 0.464 e. The Balaban J connectivity index is 2.36. The molecule has 1 heterocycles. The molecule has 0 aliphatic carbocycles. The molecule has 0 amide bonds. The van der Waals surface area contributed by atoms with Crippen molar-refractivity contribution in [2.24, 2.45) is 11.8 Å². The van der Waals surface area contributed by atoms with E-state index in [1.807, 2.05) is 6.92 Å². The fourth-order valence-electron chi connectivity index (χ4n) is 1.39. The van der Waals surface area contributed by atoms with Crippen molar-refractivity contribution in [1.82, 2.24) is 15.0 Å². The molecule has 0 spiro atoms. The second-order valence-corrected chi connectivity index (χ2v) is 4.59. The van der Waals surface area contributed by atoms with Crippen molar-refractivity contribution in [1.29, 1.82) is 0 Å². The van der Waals surface area contributed by atoms with Crippen LogP contribution in [0.4, 0.5) is 11.9 Å². The number of nitrogen functional groups attached to an aromatic ring is 1. The van der Waals surface area contributed by atoms with Crippen LogP contribution in [0.5, 0.6) is 6.01 Å². The molecule has 0 aliphatic rings. The third-order valence-electron chi connectivity index (χ3n) is 2.22. The minimum atomic E-state index is 0.244. The molecule has 1 rings (SSSR count). The molecule has 0 radical (unpaired) electrons. The normalized spacial score (nSPS) is 10.7. The van der Waals surface area contributed by atoms with Crippen molar-refractivity contribution in [2.75, 3.05) is 37.1 Å². The van der Waals surface area contributed by atoms with Gasteiger partial charge in [0.1, 0.15) is 0 Å². The molecule has 0 unspecified atom stereocenters. The number of hydrogen-bond acceptors (Lipinski definition) is 8. The molecule has 0 saturated carbocycles. The summed E-state index contributed by atoms with van der Waals surface area (Å²) in [5.41, 5.74) is 2.38. The van der Waals surface area contributed by atoms with Gasteiger partial charge in [0, 0.05) is 19.8 Å². The lowest BCUT2D eigenvalue weighted by molar-refractivity contribution is 0.110. The number of ether oxygens (including phenoxy) is 2. The van der Waals surface area contributed by atoms with Crippen molar-refractivity contribution >= 4 is 11.9 Å². The number of rotatable bonds is 10. The van der Waals surface area contributed by atoms with Crippen molar-refractivity contribution < 1.29 is 9.47 Å². The molecule has 0 saturated heterocycles. The van der Waals surface area contributed by atoms with Crippen LogP contribution in [0.1, 0.15) is 27.2 Å². The number of hydrazine groups is 1. The molecule has 0 fully saturated rings. The quantitative estimate of drug-likeness (QED) is 0.332. The van der Waals surface area contributed by atoms with Gasteiger partial charge in [0.2, 0.25) is 11.9 Å². The Kier molecular flexibility index (Phi) is 7.59. The highest BCUT2D eigenvalue weighted by Gasteiger charge is 2.05. The molecular formula is C12H24N6O2. The van der Waals surface area contributed by atoms with Gasteiger partial charge in [0.05, 0.1) is 6.61 Å². The van der Waals surface area contributed by atoms with Crippen LogP contribution in [0.15, 0.2) is 0 Å². The number of aromatic nitrogens is 3. The highest BCUT2D eigenvalue weighted by molar-refractivity contribution is 5.34. The molecule has 0 atom stereocenters. The third-order valence-corrected chi connectivity index (χ3v) is 2.22. The Morgan fingerprint density at radius 3 is 2.60 bits per heavy atom. The first-order valence-electron chi connectivity index (χ1n) is 6.82. The van der Waals surface area contributed by atoms with Crippen LogP contribution in [-0.4, -0.2) is 41.3 Å². The van der Waals surface area contributed by atoms with Gasteiger partial charge in [0.15, 0.2) is 0 Å². The second kappa shape index (κ2) is 9.27. The minimum Gasteiger partial charge on any atom is -0.464 e. The zero-order chi connectivity index (χ0) is 14.8. The van der Waals surface area contributed by atoms with E-state index < -0.39 is 0 Å². The number of hydrogen-bond donors (Lipinski definition) is 3. The van der Waals surface area contributed by atoms with E-state index in [-0.39, 0.29) is 12.0 Å². The first-order chi connectivity index (χ1) is 9.65. The highest BCUT2D eigenvalue weighted by Crippen LogP contribution is 2.10. The first kappa shape index (κ1) is 16.4. The molecule has 1 aromatic heterocycles. The topological polar surface area (TPSA) is 107 Å². The van der Waals surface area contributed by atoms with Gasteiger partial charge < -0.3 is 14.8 Å². The maximum Gasteiger partial charge on any atom is 0.323 e. The van der Waals surface area contributed by atoms with E-state index >= 15 is 0 Å². The van der Waals surface area contributed by atoms with E-state index in [4.69, 9.17) is 15.3 Å². The Morgan fingerprint density at radius 2 is 1.95 bits per heavy atom. The van der Waals surface area contributed by atoms with E-state index in [1.165, 1.54) is 0 Å². The summed E-state index contributed by atoms with van der Waals surface area (Å²) >= 11 is 0. The lowest BCUT2D eigenvalue weighted by Gasteiger charge is -2.09. The molecule has 1 aromatic rings. The van der Waals surface area contributed by atoms with Gasteiger partial charge in [-0.05, 0) is 19.3 Å². The second-order valence-electron chi connectivity index (χ2n) is 4.59. The molecule has 114 valence electrons. The van der Waals surface area contributed by atoms with Crippen molar-refractivity contribution in [3.8, 4) is 6.01 Å². The minimum absolute atomic E-state index is 0.244. The molecule has 8 heteroatoms. The molecule has 0 aliphatic heterocycles. The summed E-state index contributed by atoms with van der Waals surface area (Å²) in [5, 5.41) is 3.09. The fourth-order valence-corrected chi connectivity index (χ4v) is 1.39.